The molecule has 2 heterocycles. The lowest BCUT2D eigenvalue weighted by Crippen LogP contribution is -2.41. The first-order valence-electron chi connectivity index (χ1n) is 8.92. The Morgan fingerprint density at radius 2 is 1.81 bits per heavy atom. The second-order valence-corrected chi connectivity index (χ2v) is 6.58. The molecular formula is C21H20FN3O2. The number of benzene rings is 2. The zero-order valence-corrected chi connectivity index (χ0v) is 15.1. The van der Waals surface area contributed by atoms with Gasteiger partial charge in [-0.25, -0.2) is 9.07 Å². The van der Waals surface area contributed by atoms with Crippen molar-refractivity contribution in [3.8, 4) is 16.9 Å². The van der Waals surface area contributed by atoms with Gasteiger partial charge in [-0.3, -0.25) is 4.79 Å². The lowest BCUT2D eigenvalue weighted by atomic mass is 10.1. The number of hydrogen-bond donors (Lipinski definition) is 0. The van der Waals surface area contributed by atoms with Crippen molar-refractivity contribution < 1.29 is 13.9 Å². The summed E-state index contributed by atoms with van der Waals surface area (Å²) in [6.07, 6.45) is 0. The van der Waals surface area contributed by atoms with E-state index < -0.39 is 0 Å². The molecule has 0 saturated carbocycles. The summed E-state index contributed by atoms with van der Waals surface area (Å²) >= 11 is 0. The molecule has 1 amide bonds. The van der Waals surface area contributed by atoms with E-state index in [0.717, 1.165) is 16.8 Å². The molecule has 5 nitrogen and oxygen atoms in total. The van der Waals surface area contributed by atoms with Crippen LogP contribution in [0.4, 0.5) is 4.39 Å². The van der Waals surface area contributed by atoms with E-state index in [1.807, 2.05) is 31.2 Å². The third-order valence-electron chi connectivity index (χ3n) is 4.61. The van der Waals surface area contributed by atoms with Gasteiger partial charge in [-0.05, 0) is 55.0 Å². The van der Waals surface area contributed by atoms with E-state index in [1.165, 1.54) is 12.1 Å². The Morgan fingerprint density at radius 1 is 1.07 bits per heavy atom. The number of carbonyl (C=O) groups is 1. The van der Waals surface area contributed by atoms with Crippen LogP contribution < -0.4 is 0 Å². The molecule has 0 atom stereocenters. The highest BCUT2D eigenvalue weighted by Crippen LogP contribution is 2.24. The molecule has 1 fully saturated rings. The second-order valence-electron chi connectivity index (χ2n) is 6.58. The highest BCUT2D eigenvalue weighted by molar-refractivity contribution is 5.94. The maximum absolute atomic E-state index is 13.3. The third-order valence-corrected chi connectivity index (χ3v) is 4.61. The van der Waals surface area contributed by atoms with E-state index in [0.29, 0.717) is 37.7 Å². The second kappa shape index (κ2) is 7.32. The van der Waals surface area contributed by atoms with Crippen molar-refractivity contribution in [3.05, 3.63) is 71.7 Å². The summed E-state index contributed by atoms with van der Waals surface area (Å²) in [6.45, 7) is 4.19. The van der Waals surface area contributed by atoms with Crippen LogP contribution in [0.3, 0.4) is 0 Å². The molecule has 1 aliphatic rings. The molecule has 4 rings (SSSR count). The Balaban J connectivity index is 1.79. The van der Waals surface area contributed by atoms with Gasteiger partial charge in [0.15, 0.2) is 0 Å². The summed E-state index contributed by atoms with van der Waals surface area (Å²) < 4.78 is 20.3. The summed E-state index contributed by atoms with van der Waals surface area (Å²) in [4.78, 5) is 14.9. The average Bonchev–Trinajstić information content (AvgIpc) is 3.14. The molecule has 27 heavy (non-hydrogen) atoms. The van der Waals surface area contributed by atoms with Gasteiger partial charge in [-0.1, -0.05) is 12.1 Å². The molecular weight excluding hydrogens is 345 g/mol. The number of amides is 1. The first kappa shape index (κ1) is 17.4. The van der Waals surface area contributed by atoms with Gasteiger partial charge < -0.3 is 9.64 Å². The SMILES string of the molecule is Cc1cccc(-n2nc(-c3ccc(F)cc3)cc2C(=O)N2CCOCC2)c1. The summed E-state index contributed by atoms with van der Waals surface area (Å²) in [7, 11) is 0. The number of rotatable bonds is 3. The Kier molecular flexibility index (Phi) is 4.73. The first-order valence-corrected chi connectivity index (χ1v) is 8.92. The Labute approximate surface area is 157 Å². The minimum atomic E-state index is -0.304. The van der Waals surface area contributed by atoms with Crippen LogP contribution in [0.5, 0.6) is 0 Å². The summed E-state index contributed by atoms with van der Waals surface area (Å²) in [5.41, 5.74) is 3.78. The normalized spacial score (nSPS) is 14.4. The summed E-state index contributed by atoms with van der Waals surface area (Å²) in [6, 6.07) is 15.7. The van der Waals surface area contributed by atoms with Crippen LogP contribution in [-0.2, 0) is 4.74 Å². The first-order chi connectivity index (χ1) is 13.1. The Hall–Kier alpha value is -2.99. The molecule has 0 spiro atoms. The van der Waals surface area contributed by atoms with Gasteiger partial charge >= 0.3 is 0 Å². The van der Waals surface area contributed by atoms with Crippen LogP contribution in [0.15, 0.2) is 54.6 Å². The molecule has 1 saturated heterocycles. The highest BCUT2D eigenvalue weighted by Gasteiger charge is 2.24. The largest absolute Gasteiger partial charge is 0.378 e. The van der Waals surface area contributed by atoms with Crippen LogP contribution in [0, 0.1) is 12.7 Å². The summed E-state index contributed by atoms with van der Waals surface area (Å²) in [5.74, 6) is -0.387. The molecule has 2 aromatic carbocycles. The van der Waals surface area contributed by atoms with Crippen molar-refractivity contribution in [1.29, 1.82) is 0 Å². The van der Waals surface area contributed by atoms with Crippen LogP contribution in [0.2, 0.25) is 0 Å². The zero-order valence-electron chi connectivity index (χ0n) is 15.1. The average molecular weight is 365 g/mol. The Morgan fingerprint density at radius 3 is 2.52 bits per heavy atom. The zero-order chi connectivity index (χ0) is 18.8. The van der Waals surface area contributed by atoms with Crippen molar-refractivity contribution in [2.75, 3.05) is 26.3 Å². The number of aromatic nitrogens is 2. The third kappa shape index (κ3) is 3.61. The Bertz CT molecular complexity index is 960. The molecule has 1 aliphatic heterocycles. The number of carbonyl (C=O) groups excluding carboxylic acids is 1. The number of halogens is 1. The molecule has 1 aromatic heterocycles. The number of aryl methyl sites for hydroxylation is 1. The van der Waals surface area contributed by atoms with E-state index >= 15 is 0 Å². The van der Waals surface area contributed by atoms with Gasteiger partial charge in [0.05, 0.1) is 24.6 Å². The van der Waals surface area contributed by atoms with Gasteiger partial charge in [-0.15, -0.1) is 0 Å². The van der Waals surface area contributed by atoms with E-state index in [2.05, 4.69) is 5.10 Å². The van der Waals surface area contributed by atoms with Gasteiger partial charge in [0.25, 0.3) is 5.91 Å². The van der Waals surface area contributed by atoms with Gasteiger partial charge in [-0.2, -0.15) is 5.10 Å². The highest BCUT2D eigenvalue weighted by atomic mass is 19.1. The topological polar surface area (TPSA) is 47.4 Å². The molecule has 0 bridgehead atoms. The molecule has 3 aromatic rings. The standard InChI is InChI=1S/C21H20FN3O2/c1-15-3-2-4-18(13-15)25-20(21(26)24-9-11-27-12-10-24)14-19(23-25)16-5-7-17(22)8-6-16/h2-8,13-14H,9-12H2,1H3. The molecule has 0 N–H and O–H groups in total. The molecule has 0 radical (unpaired) electrons. The van der Waals surface area contributed by atoms with Crippen LogP contribution in [0.25, 0.3) is 16.9 Å². The number of nitrogens with zero attached hydrogens (tertiary/aromatic N) is 3. The maximum Gasteiger partial charge on any atom is 0.272 e. The number of hydrogen-bond acceptors (Lipinski definition) is 3. The van der Waals surface area contributed by atoms with Crippen molar-refractivity contribution >= 4 is 5.91 Å². The maximum atomic E-state index is 13.3. The predicted octanol–water partition coefficient (Wildman–Crippen LogP) is 3.46. The van der Waals surface area contributed by atoms with E-state index in [1.54, 1.807) is 27.8 Å². The minimum absolute atomic E-state index is 0.0827. The van der Waals surface area contributed by atoms with Crippen molar-refractivity contribution in [2.24, 2.45) is 0 Å². The smallest absolute Gasteiger partial charge is 0.272 e. The van der Waals surface area contributed by atoms with Crippen molar-refractivity contribution in [3.63, 3.8) is 0 Å². The summed E-state index contributed by atoms with van der Waals surface area (Å²) in [5, 5.41) is 4.65. The quantitative estimate of drug-likeness (QED) is 0.714. The van der Waals surface area contributed by atoms with Gasteiger partial charge in [0.1, 0.15) is 11.5 Å². The fourth-order valence-corrected chi connectivity index (χ4v) is 3.18. The minimum Gasteiger partial charge on any atom is -0.378 e. The van der Waals surface area contributed by atoms with Crippen LogP contribution in [0.1, 0.15) is 16.1 Å². The predicted molar refractivity (Wildman–Crippen MR) is 100 cm³/mol. The van der Waals surface area contributed by atoms with E-state index in [9.17, 15) is 9.18 Å². The van der Waals surface area contributed by atoms with E-state index in [-0.39, 0.29) is 11.7 Å². The molecule has 0 unspecified atom stereocenters. The van der Waals surface area contributed by atoms with E-state index in [4.69, 9.17) is 4.74 Å². The van der Waals surface area contributed by atoms with Crippen LogP contribution in [-0.4, -0.2) is 46.9 Å². The molecule has 6 heteroatoms. The lowest BCUT2D eigenvalue weighted by molar-refractivity contribution is 0.0297. The van der Waals surface area contributed by atoms with Gasteiger partial charge in [0, 0.05) is 18.7 Å². The van der Waals surface area contributed by atoms with Gasteiger partial charge in [0.2, 0.25) is 0 Å². The molecule has 138 valence electrons. The number of morpholine rings is 1. The number of ether oxygens (including phenoxy) is 1. The van der Waals surface area contributed by atoms with Crippen molar-refractivity contribution in [2.45, 2.75) is 6.92 Å². The fourth-order valence-electron chi connectivity index (χ4n) is 3.18. The fraction of sp³-hybridized carbons (Fsp3) is 0.238. The lowest BCUT2D eigenvalue weighted by Gasteiger charge is -2.26. The monoisotopic (exact) mass is 365 g/mol. The van der Waals surface area contributed by atoms with Crippen molar-refractivity contribution in [1.82, 2.24) is 14.7 Å². The molecule has 0 aliphatic carbocycles. The van der Waals surface area contributed by atoms with Crippen LogP contribution >= 0.6 is 0 Å².